The molecule has 1 aliphatic heterocycles. The minimum atomic E-state index is -1.11. The van der Waals surface area contributed by atoms with E-state index in [-0.39, 0.29) is 47.0 Å². The molecule has 0 radical (unpaired) electrons. The summed E-state index contributed by atoms with van der Waals surface area (Å²) < 4.78 is 23.4. The molecule has 262 valence electrons. The van der Waals surface area contributed by atoms with Gasteiger partial charge in [0.25, 0.3) is 5.91 Å². The average molecular weight is 725 g/mol. The number of anilines is 1. The summed E-state index contributed by atoms with van der Waals surface area (Å²) in [5.74, 6) is -2.40. The Labute approximate surface area is 297 Å². The van der Waals surface area contributed by atoms with Crippen LogP contribution in [0.5, 0.6) is 11.5 Å². The monoisotopic (exact) mass is 723 g/mol. The quantitative estimate of drug-likeness (QED) is 0.133. The average Bonchev–Trinajstić information content (AvgIpc) is 3.68. The second kappa shape index (κ2) is 13.5. The summed E-state index contributed by atoms with van der Waals surface area (Å²) in [4.78, 5) is 31.7. The molecule has 50 heavy (non-hydrogen) atoms. The van der Waals surface area contributed by atoms with Gasteiger partial charge in [-0.1, -0.05) is 53.5 Å². The van der Waals surface area contributed by atoms with Gasteiger partial charge in [0, 0.05) is 62.5 Å². The molecule has 11 nitrogen and oxygen atoms in total. The molecule has 0 spiro atoms. The molecule has 3 aromatic carbocycles. The van der Waals surface area contributed by atoms with Crippen molar-refractivity contribution in [3.63, 3.8) is 0 Å². The van der Waals surface area contributed by atoms with Crippen molar-refractivity contribution in [1.29, 1.82) is 0 Å². The number of hydrogen-bond donors (Lipinski definition) is 5. The van der Waals surface area contributed by atoms with Crippen LogP contribution in [-0.2, 0) is 37.8 Å². The van der Waals surface area contributed by atoms with Crippen molar-refractivity contribution >= 4 is 40.8 Å². The Kier molecular flexibility index (Phi) is 9.25. The van der Waals surface area contributed by atoms with Gasteiger partial charge in [0.1, 0.15) is 28.2 Å². The number of phenolic OH excluding ortho intramolecular Hbond substituents is 1. The molecule has 1 atom stereocenters. The number of fused-ring (bicyclic) bond motifs is 2. The Morgan fingerprint density at radius 3 is 2.62 bits per heavy atom. The highest BCUT2D eigenvalue weighted by Crippen LogP contribution is 2.46. The van der Waals surface area contributed by atoms with Crippen LogP contribution in [0.25, 0.3) is 11.1 Å². The number of benzene rings is 3. The lowest BCUT2D eigenvalue weighted by molar-refractivity contribution is -0.140. The van der Waals surface area contributed by atoms with E-state index >= 15 is 4.39 Å². The number of rotatable bonds is 11. The first kappa shape index (κ1) is 34.3. The second-order valence-electron chi connectivity index (χ2n) is 13.0. The molecule has 1 amide bonds. The number of β-amino-alcohol motifs (C(OH)–C–C–N with tert-alkyl or cyclic N) is 1. The van der Waals surface area contributed by atoms with Crippen LogP contribution in [0.15, 0.2) is 42.5 Å². The van der Waals surface area contributed by atoms with E-state index in [2.05, 4.69) is 20.5 Å². The van der Waals surface area contributed by atoms with Crippen molar-refractivity contribution in [2.24, 2.45) is 7.05 Å². The number of nitrogens with zero attached hydrogens (tertiary/aromatic N) is 3. The van der Waals surface area contributed by atoms with Gasteiger partial charge in [-0.2, -0.15) is 0 Å². The highest BCUT2D eigenvalue weighted by atomic mass is 35.5. The first-order valence-corrected chi connectivity index (χ1v) is 17.2. The number of carbonyl (C=O) groups is 2. The van der Waals surface area contributed by atoms with Crippen molar-refractivity contribution in [3.8, 4) is 22.6 Å². The number of carbonyl (C=O) groups excluding carboxylic acids is 1. The molecule has 1 unspecified atom stereocenters. The number of aliphatic hydroxyl groups excluding tert-OH is 1. The Balaban J connectivity index is 1.10. The Bertz CT molecular complexity index is 2020. The maximum Gasteiger partial charge on any atom is 0.323 e. The van der Waals surface area contributed by atoms with Crippen LogP contribution >= 0.6 is 23.2 Å². The standard InChI is InChI=1S/C36H36Cl2FN5O6/c1-43-26-10-13-44(14-15-45)18-25(26)41-33(43)34(47)42-24-7-3-6-22(30(24)37)19-4-2-5-21-20(19)8-9-28(21)50-29-16-27(46)23(32(39)31(29)38)17-40-36(11-12-36)35(48)49/h2-7,16,28,40,45-46H,8-15,17-18H2,1H3,(H,42,47)(H,48,49). The molecule has 4 aromatic rings. The van der Waals surface area contributed by atoms with Gasteiger partial charge >= 0.3 is 5.97 Å². The fraction of sp³-hybridized carbons (Fsp3) is 0.361. The van der Waals surface area contributed by atoms with Gasteiger partial charge in [-0.25, -0.2) is 9.37 Å². The topological polar surface area (TPSA) is 149 Å². The lowest BCUT2D eigenvalue weighted by atomic mass is 9.96. The van der Waals surface area contributed by atoms with Crippen molar-refractivity contribution in [3.05, 3.63) is 92.2 Å². The molecule has 0 saturated heterocycles. The highest BCUT2D eigenvalue weighted by Gasteiger charge is 2.50. The molecule has 7 rings (SSSR count). The van der Waals surface area contributed by atoms with Crippen LogP contribution in [0.2, 0.25) is 10.0 Å². The van der Waals surface area contributed by atoms with Crippen molar-refractivity contribution in [2.45, 2.75) is 56.8 Å². The summed E-state index contributed by atoms with van der Waals surface area (Å²) >= 11 is 13.3. The third-order valence-electron chi connectivity index (χ3n) is 9.99. The van der Waals surface area contributed by atoms with Gasteiger partial charge in [0.15, 0.2) is 11.6 Å². The van der Waals surface area contributed by atoms with Crippen LogP contribution in [0.1, 0.15) is 64.1 Å². The SMILES string of the molecule is Cn1c(C(=O)Nc2cccc(-c3cccc4c3CCC4Oc3cc(O)c(CNC4(C(=O)O)CC4)c(F)c3Cl)c2Cl)nc2c1CCN(CCO)C2. The lowest BCUT2D eigenvalue weighted by Crippen LogP contribution is -2.38. The molecule has 2 aliphatic carbocycles. The molecule has 0 bridgehead atoms. The first-order chi connectivity index (χ1) is 24.0. The maximum atomic E-state index is 15.4. The van der Waals surface area contributed by atoms with Gasteiger partial charge < -0.3 is 29.9 Å². The fourth-order valence-electron chi connectivity index (χ4n) is 7.01. The van der Waals surface area contributed by atoms with Crippen LogP contribution in [-0.4, -0.2) is 66.9 Å². The number of ether oxygens (including phenoxy) is 1. The number of carboxylic acids is 1. The predicted octanol–water partition coefficient (Wildman–Crippen LogP) is 5.61. The van der Waals surface area contributed by atoms with Crippen LogP contribution in [0.3, 0.4) is 0 Å². The number of nitrogens with one attached hydrogen (secondary N) is 2. The number of aromatic hydroxyl groups is 1. The Morgan fingerprint density at radius 2 is 1.88 bits per heavy atom. The molecule has 1 aromatic heterocycles. The molecule has 1 fully saturated rings. The number of halogens is 3. The molecule has 1 saturated carbocycles. The van der Waals surface area contributed by atoms with Gasteiger partial charge in [-0.3, -0.25) is 19.8 Å². The van der Waals surface area contributed by atoms with Gasteiger partial charge in [-0.05, 0) is 48.4 Å². The number of amides is 1. The van der Waals surface area contributed by atoms with Gasteiger partial charge in [-0.15, -0.1) is 0 Å². The zero-order chi connectivity index (χ0) is 35.3. The van der Waals surface area contributed by atoms with E-state index in [0.717, 1.165) is 41.0 Å². The van der Waals surface area contributed by atoms with Crippen LogP contribution in [0, 0.1) is 5.82 Å². The summed E-state index contributed by atoms with van der Waals surface area (Å²) in [7, 11) is 1.83. The van der Waals surface area contributed by atoms with E-state index in [1.54, 1.807) is 6.07 Å². The van der Waals surface area contributed by atoms with Crippen LogP contribution in [0.4, 0.5) is 10.1 Å². The highest BCUT2D eigenvalue weighted by molar-refractivity contribution is 6.36. The van der Waals surface area contributed by atoms with Gasteiger partial charge in [0.05, 0.1) is 23.0 Å². The molecule has 2 heterocycles. The van der Waals surface area contributed by atoms with Gasteiger partial charge in [0.2, 0.25) is 0 Å². The summed E-state index contributed by atoms with van der Waals surface area (Å²) in [6.45, 7) is 1.76. The van der Waals surface area contributed by atoms with Crippen LogP contribution < -0.4 is 15.4 Å². The third kappa shape index (κ3) is 6.20. The fourth-order valence-corrected chi connectivity index (χ4v) is 7.50. The lowest BCUT2D eigenvalue weighted by Gasteiger charge is -2.25. The molecule has 3 aliphatic rings. The second-order valence-corrected chi connectivity index (χ2v) is 13.8. The minimum absolute atomic E-state index is 0.0205. The summed E-state index contributed by atoms with van der Waals surface area (Å²) in [5.41, 5.74) is 4.44. The first-order valence-electron chi connectivity index (χ1n) is 16.5. The molecule has 5 N–H and O–H groups in total. The maximum absolute atomic E-state index is 15.4. The van der Waals surface area contributed by atoms with Crippen molar-refractivity contribution < 1.29 is 34.0 Å². The molecular weight excluding hydrogens is 688 g/mol. The Hall–Kier alpha value is -4.20. The van der Waals surface area contributed by atoms with Crippen molar-refractivity contribution in [2.75, 3.05) is 25.0 Å². The van der Waals surface area contributed by atoms with E-state index < -0.39 is 23.4 Å². The largest absolute Gasteiger partial charge is 0.507 e. The zero-order valence-electron chi connectivity index (χ0n) is 27.2. The summed E-state index contributed by atoms with van der Waals surface area (Å²) in [5, 5.41) is 35.2. The number of hydrogen-bond acceptors (Lipinski definition) is 8. The number of phenols is 1. The minimum Gasteiger partial charge on any atom is -0.507 e. The van der Waals surface area contributed by atoms with E-state index in [4.69, 9.17) is 27.9 Å². The van der Waals surface area contributed by atoms with E-state index in [9.17, 15) is 24.9 Å². The molecular formula is C36H36Cl2FN5O6. The van der Waals surface area contributed by atoms with Crippen molar-refractivity contribution in [1.82, 2.24) is 19.8 Å². The number of carboxylic acid groups (broad SMARTS) is 1. The normalized spacial score (nSPS) is 17.7. The third-order valence-corrected chi connectivity index (χ3v) is 10.7. The van der Waals surface area contributed by atoms with E-state index in [1.807, 2.05) is 41.9 Å². The Morgan fingerprint density at radius 1 is 1.12 bits per heavy atom. The number of aliphatic hydroxyl groups is 1. The number of aliphatic carboxylic acids is 1. The van der Waals surface area contributed by atoms with E-state index in [0.29, 0.717) is 55.0 Å². The summed E-state index contributed by atoms with van der Waals surface area (Å²) in [6, 6.07) is 12.4. The predicted molar refractivity (Wildman–Crippen MR) is 185 cm³/mol. The number of aromatic nitrogens is 2. The van der Waals surface area contributed by atoms with E-state index in [1.165, 1.54) is 6.07 Å². The number of imidazole rings is 1. The summed E-state index contributed by atoms with van der Waals surface area (Å²) in [6.07, 6.45) is 2.27. The molecule has 14 heteroatoms. The smallest absolute Gasteiger partial charge is 0.323 e. The zero-order valence-corrected chi connectivity index (χ0v) is 28.7.